The van der Waals surface area contributed by atoms with E-state index in [0.717, 1.165) is 16.7 Å². The van der Waals surface area contributed by atoms with Crippen molar-refractivity contribution >= 4 is 15.8 Å². The molecule has 7 heteroatoms. The Hall–Kier alpha value is -3.00. The van der Waals surface area contributed by atoms with E-state index in [1.54, 1.807) is 36.4 Å². The van der Waals surface area contributed by atoms with Gasteiger partial charge in [-0.3, -0.25) is 9.69 Å². The average molecular weight is 465 g/mol. The maximum Gasteiger partial charge on any atom is 0.243 e. The van der Waals surface area contributed by atoms with Crippen LogP contribution in [0, 0.1) is 13.8 Å². The van der Waals surface area contributed by atoms with Crippen molar-refractivity contribution < 1.29 is 18.3 Å². The minimum Gasteiger partial charge on any atom is -0.507 e. The van der Waals surface area contributed by atoms with Crippen molar-refractivity contribution in [1.82, 2.24) is 9.21 Å². The summed E-state index contributed by atoms with van der Waals surface area (Å²) >= 11 is 0. The monoisotopic (exact) mass is 464 g/mol. The molecule has 1 saturated heterocycles. The summed E-state index contributed by atoms with van der Waals surface area (Å²) in [5, 5.41) is 9.97. The number of aromatic hydroxyl groups is 1. The third-order valence-corrected chi connectivity index (χ3v) is 7.99. The van der Waals surface area contributed by atoms with Gasteiger partial charge in [-0.2, -0.15) is 4.31 Å². The first-order chi connectivity index (χ1) is 15.8. The molecule has 3 aromatic carbocycles. The van der Waals surface area contributed by atoms with Gasteiger partial charge in [0.1, 0.15) is 5.75 Å². The summed E-state index contributed by atoms with van der Waals surface area (Å²) in [6, 6.07) is 19.1. The lowest BCUT2D eigenvalue weighted by Crippen LogP contribution is -2.48. The van der Waals surface area contributed by atoms with E-state index in [0.29, 0.717) is 49.6 Å². The van der Waals surface area contributed by atoms with Gasteiger partial charge in [0.05, 0.1) is 4.90 Å². The molecular formula is C26H28N2O4S. The second kappa shape index (κ2) is 9.47. The van der Waals surface area contributed by atoms with Crippen molar-refractivity contribution in [2.75, 3.05) is 26.2 Å². The van der Waals surface area contributed by atoms with E-state index in [1.807, 2.05) is 32.0 Å². The van der Waals surface area contributed by atoms with Crippen LogP contribution in [0.4, 0.5) is 0 Å². The van der Waals surface area contributed by atoms with E-state index >= 15 is 0 Å². The summed E-state index contributed by atoms with van der Waals surface area (Å²) in [5.74, 6) is 0.194. The zero-order valence-corrected chi connectivity index (χ0v) is 19.7. The number of aryl methyl sites for hydroxylation is 2. The molecule has 3 aromatic rings. The van der Waals surface area contributed by atoms with Gasteiger partial charge in [-0.05, 0) is 54.8 Å². The molecule has 0 aromatic heterocycles. The highest BCUT2D eigenvalue weighted by atomic mass is 32.2. The molecule has 1 heterocycles. The molecule has 0 radical (unpaired) electrons. The van der Waals surface area contributed by atoms with Gasteiger partial charge in [0.15, 0.2) is 5.78 Å². The molecule has 0 amide bonds. The number of benzene rings is 3. The van der Waals surface area contributed by atoms with Crippen LogP contribution in [0.3, 0.4) is 0 Å². The first-order valence-corrected chi connectivity index (χ1v) is 12.4. The number of phenols is 1. The van der Waals surface area contributed by atoms with E-state index in [2.05, 4.69) is 4.90 Å². The SMILES string of the molecule is Cc1cc(CN2CCN(S(=O)(=O)c3ccc(C(=O)c4ccccc4)cc3)CC2)cc(C)c1O. The number of hydrogen-bond donors (Lipinski definition) is 1. The second-order valence-electron chi connectivity index (χ2n) is 8.48. The van der Waals surface area contributed by atoms with Gasteiger partial charge < -0.3 is 5.11 Å². The number of sulfonamides is 1. The third-order valence-electron chi connectivity index (χ3n) is 6.08. The summed E-state index contributed by atoms with van der Waals surface area (Å²) in [5.41, 5.74) is 3.84. The van der Waals surface area contributed by atoms with Crippen molar-refractivity contribution in [2.45, 2.75) is 25.3 Å². The van der Waals surface area contributed by atoms with Crippen LogP contribution in [-0.2, 0) is 16.6 Å². The smallest absolute Gasteiger partial charge is 0.243 e. The normalized spacial score (nSPS) is 15.5. The number of rotatable bonds is 6. The summed E-state index contributed by atoms with van der Waals surface area (Å²) in [4.78, 5) is 15.0. The Labute approximate surface area is 195 Å². The Morgan fingerprint density at radius 2 is 1.39 bits per heavy atom. The van der Waals surface area contributed by atoms with Crippen molar-refractivity contribution in [3.05, 3.63) is 94.5 Å². The van der Waals surface area contributed by atoms with Crippen molar-refractivity contribution in [3.63, 3.8) is 0 Å². The fourth-order valence-corrected chi connectivity index (χ4v) is 5.63. The first-order valence-electron chi connectivity index (χ1n) is 11.0. The maximum absolute atomic E-state index is 13.1. The molecule has 0 atom stereocenters. The fraction of sp³-hybridized carbons (Fsp3) is 0.269. The lowest BCUT2D eigenvalue weighted by molar-refractivity contribution is 0.103. The predicted molar refractivity (Wildman–Crippen MR) is 128 cm³/mol. The lowest BCUT2D eigenvalue weighted by Gasteiger charge is -2.34. The van der Waals surface area contributed by atoms with Gasteiger partial charge in [0.2, 0.25) is 10.0 Å². The Kier molecular flexibility index (Phi) is 6.65. The van der Waals surface area contributed by atoms with E-state index in [1.165, 1.54) is 16.4 Å². The Morgan fingerprint density at radius 1 is 0.848 bits per heavy atom. The summed E-state index contributed by atoms with van der Waals surface area (Å²) in [6.45, 7) is 6.55. The molecule has 0 aliphatic carbocycles. The van der Waals surface area contributed by atoms with Gasteiger partial charge in [0.25, 0.3) is 0 Å². The van der Waals surface area contributed by atoms with Crippen LogP contribution < -0.4 is 0 Å². The predicted octanol–water partition coefficient (Wildman–Crippen LogP) is 3.75. The number of hydrogen-bond acceptors (Lipinski definition) is 5. The van der Waals surface area contributed by atoms with Crippen LogP contribution in [0.2, 0.25) is 0 Å². The highest BCUT2D eigenvalue weighted by Crippen LogP contribution is 2.25. The highest BCUT2D eigenvalue weighted by Gasteiger charge is 2.28. The van der Waals surface area contributed by atoms with Gasteiger partial charge in [0, 0.05) is 43.9 Å². The third kappa shape index (κ3) is 5.00. The van der Waals surface area contributed by atoms with E-state index < -0.39 is 10.0 Å². The Bertz CT molecular complexity index is 1220. The number of carbonyl (C=O) groups excluding carboxylic acids is 1. The first kappa shape index (κ1) is 23.2. The topological polar surface area (TPSA) is 77.9 Å². The standard InChI is InChI=1S/C26H28N2O4S/c1-19-16-21(17-20(2)25(19)29)18-27-12-14-28(15-13-27)33(31,32)24-10-8-23(9-11-24)26(30)22-6-4-3-5-7-22/h3-11,16-17,29H,12-15,18H2,1-2H3. The zero-order valence-electron chi connectivity index (χ0n) is 18.9. The van der Waals surface area contributed by atoms with Crippen LogP contribution in [0.1, 0.15) is 32.6 Å². The van der Waals surface area contributed by atoms with Crippen LogP contribution >= 0.6 is 0 Å². The number of carbonyl (C=O) groups is 1. The minimum absolute atomic E-state index is 0.132. The van der Waals surface area contributed by atoms with Crippen molar-refractivity contribution in [3.8, 4) is 5.75 Å². The van der Waals surface area contributed by atoms with Crippen LogP contribution in [0.15, 0.2) is 71.6 Å². The quantitative estimate of drug-likeness (QED) is 0.562. The number of ketones is 1. The summed E-state index contributed by atoms with van der Waals surface area (Å²) in [7, 11) is -3.62. The Balaban J connectivity index is 1.40. The number of nitrogens with zero attached hydrogens (tertiary/aromatic N) is 2. The number of piperazine rings is 1. The van der Waals surface area contributed by atoms with E-state index in [-0.39, 0.29) is 10.7 Å². The molecule has 1 aliphatic heterocycles. The Morgan fingerprint density at radius 3 is 1.97 bits per heavy atom. The summed E-state index contributed by atoms with van der Waals surface area (Å²) in [6.07, 6.45) is 0. The molecule has 1 aliphatic rings. The lowest BCUT2D eigenvalue weighted by atomic mass is 10.0. The molecule has 0 saturated carbocycles. The fourth-order valence-electron chi connectivity index (χ4n) is 4.21. The molecule has 33 heavy (non-hydrogen) atoms. The molecular weight excluding hydrogens is 436 g/mol. The molecule has 6 nitrogen and oxygen atoms in total. The molecule has 1 fully saturated rings. The zero-order chi connectivity index (χ0) is 23.6. The van der Waals surface area contributed by atoms with Crippen LogP contribution in [-0.4, -0.2) is 54.7 Å². The minimum atomic E-state index is -3.62. The van der Waals surface area contributed by atoms with E-state index in [4.69, 9.17) is 0 Å². The molecule has 4 rings (SSSR count). The molecule has 0 unspecified atom stereocenters. The molecule has 0 bridgehead atoms. The second-order valence-corrected chi connectivity index (χ2v) is 10.4. The molecule has 0 spiro atoms. The van der Waals surface area contributed by atoms with Gasteiger partial charge >= 0.3 is 0 Å². The summed E-state index contributed by atoms with van der Waals surface area (Å²) < 4.78 is 27.8. The van der Waals surface area contributed by atoms with Crippen LogP contribution in [0.5, 0.6) is 5.75 Å². The molecule has 1 N–H and O–H groups in total. The van der Waals surface area contributed by atoms with E-state index in [9.17, 15) is 18.3 Å². The number of phenolic OH excluding ortho intramolecular Hbond substituents is 1. The van der Waals surface area contributed by atoms with Gasteiger partial charge in [-0.15, -0.1) is 0 Å². The maximum atomic E-state index is 13.1. The average Bonchev–Trinajstić information content (AvgIpc) is 2.83. The van der Waals surface area contributed by atoms with Gasteiger partial charge in [-0.1, -0.05) is 42.5 Å². The molecule has 172 valence electrons. The van der Waals surface area contributed by atoms with Crippen LogP contribution in [0.25, 0.3) is 0 Å². The highest BCUT2D eigenvalue weighted by molar-refractivity contribution is 7.89. The van der Waals surface area contributed by atoms with Crippen molar-refractivity contribution in [2.24, 2.45) is 0 Å². The van der Waals surface area contributed by atoms with Crippen molar-refractivity contribution in [1.29, 1.82) is 0 Å². The largest absolute Gasteiger partial charge is 0.507 e. The van der Waals surface area contributed by atoms with Gasteiger partial charge in [-0.25, -0.2) is 8.42 Å².